The van der Waals surface area contributed by atoms with Gasteiger partial charge < -0.3 is 5.11 Å². The molecule has 1 N–H and O–H groups in total. The molecule has 11 heavy (non-hydrogen) atoms. The first-order chi connectivity index (χ1) is 5.08. The van der Waals surface area contributed by atoms with E-state index >= 15 is 0 Å². The Labute approximate surface area is 71.7 Å². The highest BCUT2D eigenvalue weighted by Crippen LogP contribution is 2.30. The number of aryl methyl sites for hydroxylation is 1. The molecule has 1 heterocycles. The number of hydrogen-bond donors (Lipinski definition) is 1. The van der Waals surface area contributed by atoms with Crippen LogP contribution in [0.1, 0.15) is 24.3 Å². The first-order valence-corrected chi connectivity index (χ1v) is 4.61. The Hall–Kier alpha value is -0.340. The summed E-state index contributed by atoms with van der Waals surface area (Å²) in [5.41, 5.74) is 1.21. The number of aliphatic hydroxyl groups is 1. The zero-order valence-corrected chi connectivity index (χ0v) is 8.03. The fourth-order valence-electron chi connectivity index (χ4n) is 1.14. The third-order valence-corrected chi connectivity index (χ3v) is 3.25. The molecule has 0 radical (unpaired) electrons. The van der Waals surface area contributed by atoms with Gasteiger partial charge in [-0.1, -0.05) is 13.8 Å². The van der Waals surface area contributed by atoms with E-state index in [1.807, 2.05) is 0 Å². The van der Waals surface area contributed by atoms with Crippen LogP contribution in [0.5, 0.6) is 0 Å². The molecule has 0 atom stereocenters. The van der Waals surface area contributed by atoms with Crippen molar-refractivity contribution < 1.29 is 5.11 Å². The molecule has 0 saturated heterocycles. The normalized spacial score (nSPS) is 12.0. The Balaban J connectivity index is 3.00. The SMILES string of the molecule is Cc1ccsc1C(C)(C)CO. The highest BCUT2D eigenvalue weighted by atomic mass is 32.1. The van der Waals surface area contributed by atoms with Crippen LogP contribution in [0.2, 0.25) is 0 Å². The number of thiophene rings is 1. The molecule has 1 rings (SSSR count). The summed E-state index contributed by atoms with van der Waals surface area (Å²) in [6.45, 7) is 6.43. The fourth-order valence-corrected chi connectivity index (χ4v) is 2.18. The highest BCUT2D eigenvalue weighted by molar-refractivity contribution is 7.10. The first kappa shape index (κ1) is 8.75. The highest BCUT2D eigenvalue weighted by Gasteiger charge is 2.22. The number of aliphatic hydroxyl groups excluding tert-OH is 1. The standard InChI is InChI=1S/C9H14OS/c1-7-4-5-11-8(7)9(2,3)6-10/h4-5,10H,6H2,1-3H3. The van der Waals surface area contributed by atoms with E-state index in [1.54, 1.807) is 11.3 Å². The molecule has 1 nitrogen and oxygen atoms in total. The smallest absolute Gasteiger partial charge is 0.0530 e. The van der Waals surface area contributed by atoms with E-state index in [0.29, 0.717) is 0 Å². The predicted octanol–water partition coefficient (Wildman–Crippen LogP) is 2.33. The second-order valence-corrected chi connectivity index (χ2v) is 4.39. The van der Waals surface area contributed by atoms with Crippen molar-refractivity contribution in [2.45, 2.75) is 26.2 Å². The van der Waals surface area contributed by atoms with Crippen molar-refractivity contribution >= 4 is 11.3 Å². The minimum absolute atomic E-state index is 0.0712. The Kier molecular flexibility index (Phi) is 2.35. The van der Waals surface area contributed by atoms with E-state index in [4.69, 9.17) is 5.11 Å². The molecule has 0 aromatic carbocycles. The van der Waals surface area contributed by atoms with E-state index in [1.165, 1.54) is 10.4 Å². The first-order valence-electron chi connectivity index (χ1n) is 3.73. The molecular weight excluding hydrogens is 156 g/mol. The largest absolute Gasteiger partial charge is 0.395 e. The minimum Gasteiger partial charge on any atom is -0.395 e. The Morgan fingerprint density at radius 2 is 2.18 bits per heavy atom. The van der Waals surface area contributed by atoms with Gasteiger partial charge >= 0.3 is 0 Å². The van der Waals surface area contributed by atoms with Gasteiger partial charge in [-0.3, -0.25) is 0 Å². The van der Waals surface area contributed by atoms with Gasteiger partial charge in [0.1, 0.15) is 0 Å². The molecule has 0 aliphatic carbocycles. The molecule has 1 aromatic rings. The second kappa shape index (κ2) is 2.95. The minimum atomic E-state index is -0.0712. The lowest BCUT2D eigenvalue weighted by atomic mass is 9.91. The molecule has 1 aromatic heterocycles. The number of hydrogen-bond acceptors (Lipinski definition) is 2. The van der Waals surface area contributed by atoms with Crippen LogP contribution in [0.15, 0.2) is 11.4 Å². The third-order valence-electron chi connectivity index (χ3n) is 1.87. The van der Waals surface area contributed by atoms with Gasteiger partial charge in [-0.25, -0.2) is 0 Å². The van der Waals surface area contributed by atoms with Crippen LogP contribution < -0.4 is 0 Å². The van der Waals surface area contributed by atoms with Crippen molar-refractivity contribution in [1.82, 2.24) is 0 Å². The summed E-state index contributed by atoms with van der Waals surface area (Å²) in [5, 5.41) is 11.2. The molecule has 0 unspecified atom stereocenters. The summed E-state index contributed by atoms with van der Waals surface area (Å²) in [4.78, 5) is 1.29. The third kappa shape index (κ3) is 1.63. The van der Waals surface area contributed by atoms with Crippen molar-refractivity contribution in [2.24, 2.45) is 0 Å². The summed E-state index contributed by atoms with van der Waals surface area (Å²) >= 11 is 1.72. The van der Waals surface area contributed by atoms with Crippen molar-refractivity contribution in [1.29, 1.82) is 0 Å². The summed E-state index contributed by atoms with van der Waals surface area (Å²) in [6, 6.07) is 2.09. The van der Waals surface area contributed by atoms with Crippen LogP contribution in [0, 0.1) is 6.92 Å². The molecule has 0 aliphatic rings. The van der Waals surface area contributed by atoms with Crippen LogP contribution in [-0.4, -0.2) is 11.7 Å². The van der Waals surface area contributed by atoms with Gasteiger partial charge in [0.15, 0.2) is 0 Å². The summed E-state index contributed by atoms with van der Waals surface area (Å²) in [5.74, 6) is 0. The lowest BCUT2D eigenvalue weighted by Gasteiger charge is -2.20. The Bertz CT molecular complexity index is 237. The van der Waals surface area contributed by atoms with E-state index < -0.39 is 0 Å². The molecule has 0 bridgehead atoms. The zero-order valence-electron chi connectivity index (χ0n) is 7.22. The zero-order chi connectivity index (χ0) is 8.48. The van der Waals surface area contributed by atoms with Crippen molar-refractivity contribution in [3.8, 4) is 0 Å². The topological polar surface area (TPSA) is 20.2 Å². The average molecular weight is 170 g/mol. The monoisotopic (exact) mass is 170 g/mol. The summed E-state index contributed by atoms with van der Waals surface area (Å²) in [7, 11) is 0. The molecule has 0 aliphatic heterocycles. The summed E-state index contributed by atoms with van der Waals surface area (Å²) < 4.78 is 0. The van der Waals surface area contributed by atoms with Gasteiger partial charge in [0.2, 0.25) is 0 Å². The Morgan fingerprint density at radius 1 is 1.55 bits per heavy atom. The maximum absolute atomic E-state index is 9.10. The van der Waals surface area contributed by atoms with Gasteiger partial charge in [0.25, 0.3) is 0 Å². The lowest BCUT2D eigenvalue weighted by molar-refractivity contribution is 0.220. The second-order valence-electron chi connectivity index (χ2n) is 3.47. The lowest BCUT2D eigenvalue weighted by Crippen LogP contribution is -2.21. The molecule has 0 amide bonds. The fraction of sp³-hybridized carbons (Fsp3) is 0.556. The predicted molar refractivity (Wildman–Crippen MR) is 49.2 cm³/mol. The van der Waals surface area contributed by atoms with Crippen LogP contribution in [0.3, 0.4) is 0 Å². The molecule has 0 saturated carbocycles. The van der Waals surface area contributed by atoms with Crippen LogP contribution >= 0.6 is 11.3 Å². The van der Waals surface area contributed by atoms with Gasteiger partial charge in [0, 0.05) is 10.3 Å². The molecule has 0 fully saturated rings. The van der Waals surface area contributed by atoms with Crippen molar-refractivity contribution in [3.05, 3.63) is 21.9 Å². The Morgan fingerprint density at radius 3 is 2.55 bits per heavy atom. The summed E-state index contributed by atoms with van der Waals surface area (Å²) in [6.07, 6.45) is 0. The van der Waals surface area contributed by atoms with Crippen molar-refractivity contribution in [3.63, 3.8) is 0 Å². The quantitative estimate of drug-likeness (QED) is 0.722. The molecule has 62 valence electrons. The average Bonchev–Trinajstić information content (AvgIpc) is 2.36. The van der Waals surface area contributed by atoms with Gasteiger partial charge in [-0.05, 0) is 23.9 Å². The molecular formula is C9H14OS. The van der Waals surface area contributed by atoms with E-state index in [9.17, 15) is 0 Å². The maximum Gasteiger partial charge on any atom is 0.0530 e. The number of rotatable bonds is 2. The van der Waals surface area contributed by atoms with Gasteiger partial charge in [-0.15, -0.1) is 11.3 Å². The van der Waals surface area contributed by atoms with Gasteiger partial charge in [0.05, 0.1) is 6.61 Å². The molecule has 2 heteroatoms. The van der Waals surface area contributed by atoms with Crippen molar-refractivity contribution in [2.75, 3.05) is 6.61 Å². The van der Waals surface area contributed by atoms with E-state index in [0.717, 1.165) is 0 Å². The van der Waals surface area contributed by atoms with Crippen LogP contribution in [-0.2, 0) is 5.41 Å². The maximum atomic E-state index is 9.10. The van der Waals surface area contributed by atoms with E-state index in [-0.39, 0.29) is 12.0 Å². The van der Waals surface area contributed by atoms with Gasteiger partial charge in [-0.2, -0.15) is 0 Å². The molecule has 0 spiro atoms. The van der Waals surface area contributed by atoms with E-state index in [2.05, 4.69) is 32.2 Å². The van der Waals surface area contributed by atoms with Crippen LogP contribution in [0.25, 0.3) is 0 Å². The van der Waals surface area contributed by atoms with Crippen LogP contribution in [0.4, 0.5) is 0 Å².